The fraction of sp³-hybridized carbons (Fsp3) is 0.500. The SMILES string of the molecule is COc1ccc(OC)c(NC(=O)CSc2nc(=O)n(CCCN(C)C)c3c2CCC3)c1. The Morgan fingerprint density at radius 1 is 1.26 bits per heavy atom. The van der Waals surface area contributed by atoms with E-state index in [2.05, 4.69) is 15.2 Å². The molecule has 0 spiro atoms. The molecule has 168 valence electrons. The Labute approximate surface area is 186 Å². The molecule has 1 heterocycles. The van der Waals surface area contributed by atoms with Gasteiger partial charge in [0.15, 0.2) is 0 Å². The van der Waals surface area contributed by atoms with Gasteiger partial charge in [-0.1, -0.05) is 11.8 Å². The Morgan fingerprint density at radius 2 is 2.06 bits per heavy atom. The fourth-order valence-electron chi connectivity index (χ4n) is 3.71. The van der Waals surface area contributed by atoms with Crippen LogP contribution in [0.1, 0.15) is 24.1 Å². The second-order valence-electron chi connectivity index (χ2n) is 7.69. The lowest BCUT2D eigenvalue weighted by molar-refractivity contribution is -0.113. The summed E-state index contributed by atoms with van der Waals surface area (Å²) in [5.41, 5.74) is 2.51. The fourth-order valence-corrected chi connectivity index (χ4v) is 4.59. The van der Waals surface area contributed by atoms with Crippen LogP contribution < -0.4 is 20.5 Å². The highest BCUT2D eigenvalue weighted by atomic mass is 32.2. The van der Waals surface area contributed by atoms with Crippen LogP contribution >= 0.6 is 11.8 Å². The van der Waals surface area contributed by atoms with Crippen LogP contribution in [0, 0.1) is 0 Å². The van der Waals surface area contributed by atoms with E-state index >= 15 is 0 Å². The van der Waals surface area contributed by atoms with Crippen molar-refractivity contribution in [2.24, 2.45) is 0 Å². The highest BCUT2D eigenvalue weighted by Crippen LogP contribution is 2.31. The molecule has 0 unspecified atom stereocenters. The Kier molecular flexibility index (Phi) is 7.97. The molecule has 1 aromatic carbocycles. The van der Waals surface area contributed by atoms with Crippen LogP contribution in [0.4, 0.5) is 5.69 Å². The summed E-state index contributed by atoms with van der Waals surface area (Å²) in [6.45, 7) is 1.60. The lowest BCUT2D eigenvalue weighted by atomic mass is 10.2. The van der Waals surface area contributed by atoms with Gasteiger partial charge in [0.05, 0.1) is 25.7 Å². The first kappa shape index (κ1) is 23.1. The van der Waals surface area contributed by atoms with E-state index in [1.54, 1.807) is 32.4 Å². The second kappa shape index (κ2) is 10.7. The van der Waals surface area contributed by atoms with Gasteiger partial charge >= 0.3 is 5.69 Å². The van der Waals surface area contributed by atoms with Crippen molar-refractivity contribution in [3.8, 4) is 11.5 Å². The van der Waals surface area contributed by atoms with Gasteiger partial charge in [-0.2, -0.15) is 4.98 Å². The lowest BCUT2D eigenvalue weighted by Crippen LogP contribution is -2.29. The van der Waals surface area contributed by atoms with E-state index in [1.165, 1.54) is 11.8 Å². The minimum atomic E-state index is -0.225. The second-order valence-corrected chi connectivity index (χ2v) is 8.65. The van der Waals surface area contributed by atoms with Crippen LogP contribution in [0.25, 0.3) is 0 Å². The highest BCUT2D eigenvalue weighted by molar-refractivity contribution is 8.00. The van der Waals surface area contributed by atoms with Gasteiger partial charge in [0.2, 0.25) is 5.91 Å². The summed E-state index contributed by atoms with van der Waals surface area (Å²) in [5.74, 6) is 1.14. The monoisotopic (exact) mass is 446 g/mol. The van der Waals surface area contributed by atoms with Crippen LogP contribution in [0.15, 0.2) is 28.0 Å². The van der Waals surface area contributed by atoms with Gasteiger partial charge in [0.1, 0.15) is 16.5 Å². The predicted octanol–water partition coefficient (Wildman–Crippen LogP) is 2.43. The molecule has 1 amide bonds. The number of aromatic nitrogens is 2. The van der Waals surface area contributed by atoms with E-state index in [9.17, 15) is 9.59 Å². The number of nitrogens with one attached hydrogen (secondary N) is 1. The number of amides is 1. The molecule has 0 atom stereocenters. The molecule has 2 aromatic rings. The van der Waals surface area contributed by atoms with Gasteiger partial charge < -0.3 is 19.7 Å². The zero-order chi connectivity index (χ0) is 22.4. The van der Waals surface area contributed by atoms with Crippen molar-refractivity contribution >= 4 is 23.4 Å². The average molecular weight is 447 g/mol. The number of carbonyl (C=O) groups excluding carboxylic acids is 1. The van der Waals surface area contributed by atoms with Crippen LogP contribution in [-0.4, -0.2) is 61.0 Å². The molecular weight excluding hydrogens is 416 g/mol. The molecule has 0 saturated carbocycles. The summed E-state index contributed by atoms with van der Waals surface area (Å²) in [6.07, 6.45) is 3.69. The molecule has 1 aliphatic carbocycles. The van der Waals surface area contributed by atoms with E-state index in [1.807, 2.05) is 18.7 Å². The van der Waals surface area contributed by atoms with Gasteiger partial charge in [0.25, 0.3) is 0 Å². The largest absolute Gasteiger partial charge is 0.497 e. The standard InChI is InChI=1S/C22H30N4O4S/c1-25(2)11-6-12-26-18-8-5-7-16(18)21(24-22(26)28)31-14-20(27)23-17-13-15(29-3)9-10-19(17)30-4/h9-10,13H,5-8,11-12,14H2,1-4H3,(H,23,27). The van der Waals surface area contributed by atoms with Crippen molar-refractivity contribution in [3.05, 3.63) is 39.9 Å². The molecule has 0 saturated heterocycles. The number of methoxy groups -OCH3 is 2. The Balaban J connectivity index is 1.70. The van der Waals surface area contributed by atoms with Gasteiger partial charge in [-0.25, -0.2) is 4.79 Å². The van der Waals surface area contributed by atoms with E-state index < -0.39 is 0 Å². The number of rotatable bonds is 10. The molecule has 9 heteroatoms. The summed E-state index contributed by atoms with van der Waals surface area (Å²) < 4.78 is 12.3. The summed E-state index contributed by atoms with van der Waals surface area (Å²) in [6, 6.07) is 5.22. The minimum Gasteiger partial charge on any atom is -0.497 e. The zero-order valence-corrected chi connectivity index (χ0v) is 19.4. The third-order valence-corrected chi connectivity index (χ3v) is 6.23. The lowest BCUT2D eigenvalue weighted by Gasteiger charge is -2.15. The summed E-state index contributed by atoms with van der Waals surface area (Å²) in [5, 5.41) is 3.53. The Morgan fingerprint density at radius 3 is 2.77 bits per heavy atom. The first-order valence-electron chi connectivity index (χ1n) is 10.3. The number of ether oxygens (including phenoxy) is 2. The van der Waals surface area contributed by atoms with E-state index in [4.69, 9.17) is 9.47 Å². The third kappa shape index (κ3) is 5.80. The molecule has 3 rings (SSSR count). The van der Waals surface area contributed by atoms with Crippen LogP contribution in [0.5, 0.6) is 11.5 Å². The molecule has 31 heavy (non-hydrogen) atoms. The van der Waals surface area contributed by atoms with Gasteiger partial charge in [-0.15, -0.1) is 0 Å². The first-order chi connectivity index (χ1) is 14.9. The first-order valence-corrected chi connectivity index (χ1v) is 11.3. The van der Waals surface area contributed by atoms with Crippen molar-refractivity contribution in [1.82, 2.24) is 14.5 Å². The maximum atomic E-state index is 12.7. The molecule has 1 aromatic heterocycles. The summed E-state index contributed by atoms with van der Waals surface area (Å²) in [7, 11) is 7.17. The number of benzene rings is 1. The van der Waals surface area contributed by atoms with Crippen molar-refractivity contribution < 1.29 is 14.3 Å². The molecule has 1 N–H and O–H groups in total. The number of carbonyl (C=O) groups is 1. The average Bonchev–Trinajstić information content (AvgIpc) is 3.23. The van der Waals surface area contributed by atoms with E-state index in [0.29, 0.717) is 28.8 Å². The molecule has 0 bridgehead atoms. The Hall–Kier alpha value is -2.52. The van der Waals surface area contributed by atoms with Crippen molar-refractivity contribution in [1.29, 1.82) is 0 Å². The van der Waals surface area contributed by atoms with E-state index in [-0.39, 0.29) is 17.3 Å². The number of thioether (sulfide) groups is 1. The minimum absolute atomic E-state index is 0.157. The van der Waals surface area contributed by atoms with Gasteiger partial charge in [-0.05, 0) is 58.5 Å². The third-order valence-electron chi connectivity index (χ3n) is 5.21. The van der Waals surface area contributed by atoms with Crippen LogP contribution in [0.2, 0.25) is 0 Å². The van der Waals surface area contributed by atoms with Gasteiger partial charge in [0, 0.05) is 23.9 Å². The molecule has 1 aliphatic rings. The highest BCUT2D eigenvalue weighted by Gasteiger charge is 2.22. The molecule has 0 fully saturated rings. The molecule has 8 nitrogen and oxygen atoms in total. The normalized spacial score (nSPS) is 12.7. The number of hydrogen-bond donors (Lipinski definition) is 1. The van der Waals surface area contributed by atoms with Crippen LogP contribution in [-0.2, 0) is 24.2 Å². The molecular formula is C22H30N4O4S. The number of anilines is 1. The maximum Gasteiger partial charge on any atom is 0.348 e. The smallest absolute Gasteiger partial charge is 0.348 e. The number of fused-ring (bicyclic) bond motifs is 1. The summed E-state index contributed by atoms with van der Waals surface area (Å²) >= 11 is 1.31. The summed E-state index contributed by atoms with van der Waals surface area (Å²) in [4.78, 5) is 31.7. The van der Waals surface area contributed by atoms with Crippen molar-refractivity contribution in [3.63, 3.8) is 0 Å². The molecule has 0 aliphatic heterocycles. The van der Waals surface area contributed by atoms with Crippen molar-refractivity contribution in [2.75, 3.05) is 45.9 Å². The number of hydrogen-bond acceptors (Lipinski definition) is 7. The quantitative estimate of drug-likeness (QED) is 0.443. The topological polar surface area (TPSA) is 85.7 Å². The zero-order valence-electron chi connectivity index (χ0n) is 18.6. The van der Waals surface area contributed by atoms with Gasteiger partial charge in [-0.3, -0.25) is 9.36 Å². The molecule has 0 radical (unpaired) electrons. The van der Waals surface area contributed by atoms with E-state index in [0.717, 1.165) is 43.5 Å². The number of nitrogens with zero attached hydrogens (tertiary/aromatic N) is 3. The maximum absolute atomic E-state index is 12.7. The predicted molar refractivity (Wildman–Crippen MR) is 123 cm³/mol. The Bertz CT molecular complexity index is 990. The van der Waals surface area contributed by atoms with Crippen LogP contribution in [0.3, 0.4) is 0 Å². The van der Waals surface area contributed by atoms with Crippen molar-refractivity contribution in [2.45, 2.75) is 37.3 Å².